The molecule has 0 N–H and O–H groups in total. The van der Waals surface area contributed by atoms with Crippen LogP contribution in [0.5, 0.6) is 5.75 Å². The monoisotopic (exact) mass is 489 g/mol. The average molecular weight is 490 g/mol. The van der Waals surface area contributed by atoms with E-state index in [4.69, 9.17) is 16.3 Å². The number of ether oxygens (including phenoxy) is 1. The first-order valence-corrected chi connectivity index (χ1v) is 12.5. The van der Waals surface area contributed by atoms with Crippen LogP contribution in [0.25, 0.3) is 0 Å². The lowest BCUT2D eigenvalue weighted by atomic mass is 10.1. The number of anilines is 1. The summed E-state index contributed by atoms with van der Waals surface area (Å²) in [6, 6.07) is 8.94. The van der Waals surface area contributed by atoms with Crippen LogP contribution in [-0.2, 0) is 4.79 Å². The minimum Gasteiger partial charge on any atom is -0.497 e. The van der Waals surface area contributed by atoms with Gasteiger partial charge in [0.15, 0.2) is 5.16 Å². The summed E-state index contributed by atoms with van der Waals surface area (Å²) in [6.07, 6.45) is 2.14. The lowest BCUT2D eigenvalue weighted by Crippen LogP contribution is -2.54. The van der Waals surface area contributed by atoms with E-state index < -0.39 is 0 Å². The molecule has 2 aromatic rings. The van der Waals surface area contributed by atoms with Crippen LogP contribution in [0, 0.1) is 0 Å². The molecule has 0 spiro atoms. The number of aromatic nitrogens is 2. The molecular formula is C23H28ClN5O3S. The summed E-state index contributed by atoms with van der Waals surface area (Å²) in [6.45, 7) is 5.51. The fraction of sp³-hybridized carbons (Fsp3) is 0.478. The van der Waals surface area contributed by atoms with Crippen LogP contribution >= 0.6 is 23.4 Å². The molecule has 1 atom stereocenters. The van der Waals surface area contributed by atoms with Gasteiger partial charge >= 0.3 is 0 Å². The minimum absolute atomic E-state index is 0.0148. The molecule has 3 heterocycles. The van der Waals surface area contributed by atoms with E-state index in [1.165, 1.54) is 11.8 Å². The molecule has 2 saturated heterocycles. The Labute approximate surface area is 203 Å². The van der Waals surface area contributed by atoms with Gasteiger partial charge in [-0.1, -0.05) is 29.4 Å². The van der Waals surface area contributed by atoms with Crippen LogP contribution in [0.2, 0.25) is 5.15 Å². The lowest BCUT2D eigenvalue weighted by Gasteiger charge is -2.40. The molecule has 8 nitrogen and oxygen atoms in total. The van der Waals surface area contributed by atoms with Crippen molar-refractivity contribution < 1.29 is 14.3 Å². The minimum atomic E-state index is -0.0153. The highest BCUT2D eigenvalue weighted by Gasteiger charge is 2.29. The average Bonchev–Trinajstić information content (AvgIpc) is 3.37. The highest BCUT2D eigenvalue weighted by Crippen LogP contribution is 2.25. The van der Waals surface area contributed by atoms with Crippen LogP contribution in [0.3, 0.4) is 0 Å². The standard InChI is InChI=1S/C23H28ClN5O3S/c1-16-14-28(10-11-29(16)22(31)17-6-5-7-18(12-17)32-2)20-13-19(24)25-23(26-20)33-15-21(30)27-8-3-4-9-27/h5-7,12-13,16H,3-4,8-11,14-15H2,1-2H3. The van der Waals surface area contributed by atoms with E-state index in [9.17, 15) is 9.59 Å². The zero-order valence-electron chi connectivity index (χ0n) is 18.9. The molecule has 10 heteroatoms. The molecule has 0 radical (unpaired) electrons. The molecular weight excluding hydrogens is 462 g/mol. The molecule has 1 aromatic heterocycles. The van der Waals surface area contributed by atoms with Crippen molar-refractivity contribution in [1.29, 1.82) is 0 Å². The smallest absolute Gasteiger partial charge is 0.254 e. The second-order valence-electron chi connectivity index (χ2n) is 8.23. The fourth-order valence-corrected chi connectivity index (χ4v) is 5.17. The van der Waals surface area contributed by atoms with E-state index in [0.717, 1.165) is 25.9 Å². The molecule has 1 unspecified atom stereocenters. The second kappa shape index (κ2) is 10.6. The van der Waals surface area contributed by atoms with Gasteiger partial charge in [-0.05, 0) is 38.0 Å². The molecule has 0 bridgehead atoms. The molecule has 2 fully saturated rings. The lowest BCUT2D eigenvalue weighted by molar-refractivity contribution is -0.127. The van der Waals surface area contributed by atoms with Crippen molar-refractivity contribution in [3.8, 4) is 5.75 Å². The van der Waals surface area contributed by atoms with E-state index >= 15 is 0 Å². The molecule has 176 valence electrons. The van der Waals surface area contributed by atoms with Crippen LogP contribution in [0.15, 0.2) is 35.5 Å². The number of piperazine rings is 1. The van der Waals surface area contributed by atoms with Crippen molar-refractivity contribution in [1.82, 2.24) is 19.8 Å². The van der Waals surface area contributed by atoms with Gasteiger partial charge in [-0.15, -0.1) is 0 Å². The maximum Gasteiger partial charge on any atom is 0.254 e. The van der Waals surface area contributed by atoms with Crippen LogP contribution in [0.4, 0.5) is 5.82 Å². The fourth-order valence-electron chi connectivity index (χ4n) is 4.19. The second-order valence-corrected chi connectivity index (χ2v) is 9.56. The largest absolute Gasteiger partial charge is 0.497 e. The first-order chi connectivity index (χ1) is 15.9. The zero-order chi connectivity index (χ0) is 23.4. The number of methoxy groups -OCH3 is 1. The number of thioether (sulfide) groups is 1. The third-order valence-electron chi connectivity index (χ3n) is 5.97. The summed E-state index contributed by atoms with van der Waals surface area (Å²) in [4.78, 5) is 40.2. The van der Waals surface area contributed by atoms with Gasteiger partial charge in [-0.3, -0.25) is 9.59 Å². The summed E-state index contributed by atoms with van der Waals surface area (Å²) in [5.74, 6) is 1.78. The highest BCUT2D eigenvalue weighted by atomic mass is 35.5. The van der Waals surface area contributed by atoms with Gasteiger partial charge in [-0.2, -0.15) is 0 Å². The van der Waals surface area contributed by atoms with E-state index in [1.54, 1.807) is 25.3 Å². The van der Waals surface area contributed by atoms with Gasteiger partial charge in [0.05, 0.1) is 12.9 Å². The Morgan fingerprint density at radius 3 is 2.67 bits per heavy atom. The van der Waals surface area contributed by atoms with Gasteiger partial charge in [0.25, 0.3) is 5.91 Å². The van der Waals surface area contributed by atoms with Gasteiger partial charge < -0.3 is 19.4 Å². The van der Waals surface area contributed by atoms with Crippen molar-refractivity contribution in [2.45, 2.75) is 31.0 Å². The first-order valence-electron chi connectivity index (χ1n) is 11.1. The number of hydrogen-bond acceptors (Lipinski definition) is 7. The molecule has 33 heavy (non-hydrogen) atoms. The molecule has 0 aliphatic carbocycles. The zero-order valence-corrected chi connectivity index (χ0v) is 20.4. The highest BCUT2D eigenvalue weighted by molar-refractivity contribution is 7.99. The molecule has 2 amide bonds. The van der Waals surface area contributed by atoms with Crippen molar-refractivity contribution in [3.05, 3.63) is 41.0 Å². The predicted molar refractivity (Wildman–Crippen MR) is 129 cm³/mol. The normalized spacial score (nSPS) is 18.5. The van der Waals surface area contributed by atoms with Crippen LogP contribution < -0.4 is 9.64 Å². The third-order valence-corrected chi connectivity index (χ3v) is 7.00. The van der Waals surface area contributed by atoms with E-state index in [2.05, 4.69) is 14.9 Å². The Balaban J connectivity index is 1.40. The van der Waals surface area contributed by atoms with E-state index in [-0.39, 0.29) is 17.9 Å². The van der Waals surface area contributed by atoms with E-state index in [0.29, 0.717) is 52.8 Å². The van der Waals surface area contributed by atoms with Gasteiger partial charge in [0.2, 0.25) is 5.91 Å². The quantitative estimate of drug-likeness (QED) is 0.350. The number of nitrogens with zero attached hydrogens (tertiary/aromatic N) is 5. The predicted octanol–water partition coefficient (Wildman–Crippen LogP) is 3.20. The van der Waals surface area contributed by atoms with Crippen molar-refractivity contribution >= 4 is 41.0 Å². The Morgan fingerprint density at radius 1 is 1.15 bits per heavy atom. The third kappa shape index (κ3) is 5.70. The Morgan fingerprint density at radius 2 is 1.94 bits per heavy atom. The summed E-state index contributed by atoms with van der Waals surface area (Å²) in [5, 5.41) is 0.839. The molecule has 0 saturated carbocycles. The van der Waals surface area contributed by atoms with Crippen LogP contribution in [0.1, 0.15) is 30.1 Å². The van der Waals surface area contributed by atoms with Gasteiger partial charge in [0, 0.05) is 50.4 Å². The van der Waals surface area contributed by atoms with Crippen LogP contribution in [-0.4, -0.2) is 83.2 Å². The van der Waals surface area contributed by atoms with Crippen molar-refractivity contribution in [3.63, 3.8) is 0 Å². The number of rotatable bonds is 6. The first kappa shape index (κ1) is 23.6. The summed E-state index contributed by atoms with van der Waals surface area (Å²) < 4.78 is 5.25. The van der Waals surface area contributed by atoms with Gasteiger partial charge in [-0.25, -0.2) is 9.97 Å². The number of likely N-dealkylation sites (tertiary alicyclic amines) is 1. The van der Waals surface area contributed by atoms with E-state index in [1.807, 2.05) is 28.9 Å². The number of hydrogen-bond donors (Lipinski definition) is 0. The number of benzene rings is 1. The summed E-state index contributed by atoms with van der Waals surface area (Å²) in [7, 11) is 1.59. The van der Waals surface area contributed by atoms with Crippen molar-refractivity contribution in [2.75, 3.05) is 50.5 Å². The number of halogens is 1. The maximum atomic E-state index is 13.1. The Hall–Kier alpha value is -2.52. The summed E-state index contributed by atoms with van der Waals surface area (Å²) >= 11 is 7.59. The topological polar surface area (TPSA) is 78.9 Å². The molecule has 2 aliphatic rings. The number of carbonyl (C=O) groups excluding carboxylic acids is 2. The Bertz CT molecular complexity index is 1020. The number of amides is 2. The molecule has 4 rings (SSSR count). The molecule has 2 aliphatic heterocycles. The van der Waals surface area contributed by atoms with Crippen molar-refractivity contribution in [2.24, 2.45) is 0 Å². The van der Waals surface area contributed by atoms with Gasteiger partial charge in [0.1, 0.15) is 16.7 Å². The Kier molecular flexibility index (Phi) is 7.60. The molecule has 1 aromatic carbocycles. The summed E-state index contributed by atoms with van der Waals surface area (Å²) in [5.41, 5.74) is 0.612. The SMILES string of the molecule is COc1cccc(C(=O)N2CCN(c3cc(Cl)nc(SCC(=O)N4CCCC4)n3)CC2C)c1. The number of carbonyl (C=O) groups is 2. The maximum absolute atomic E-state index is 13.1.